The van der Waals surface area contributed by atoms with Gasteiger partial charge in [0.2, 0.25) is 0 Å². The molecule has 0 radical (unpaired) electrons. The zero-order valence-corrected chi connectivity index (χ0v) is 15.4. The number of aliphatic hydroxyl groups is 2. The molecule has 0 bridgehead atoms. The van der Waals surface area contributed by atoms with Crippen LogP contribution in [0.1, 0.15) is 12.6 Å². The minimum atomic E-state index is -0.860. The fraction of sp³-hybridized carbons (Fsp3) is 0.250. The summed E-state index contributed by atoms with van der Waals surface area (Å²) >= 11 is 0. The Morgan fingerprint density at radius 3 is 2.72 bits per heavy atom. The second-order valence-electron chi connectivity index (χ2n) is 6.72. The van der Waals surface area contributed by atoms with Crippen molar-refractivity contribution in [3.05, 3.63) is 65.2 Å². The average molecular weight is 396 g/mol. The van der Waals surface area contributed by atoms with Crippen LogP contribution in [0, 0.1) is 0 Å². The number of carbonyl (C=O) groups is 1. The first-order chi connectivity index (χ1) is 14.0. The number of ether oxygens (including phenoxy) is 1. The molecule has 4 N–H and O–H groups in total. The molecule has 1 unspecified atom stereocenters. The number of rotatable bonds is 4. The molecule has 3 aromatic rings. The molecule has 2 aromatic carbocycles. The molecule has 0 saturated carbocycles. The molecule has 29 heavy (non-hydrogen) atoms. The maximum atomic E-state index is 12.3. The number of benzene rings is 2. The van der Waals surface area contributed by atoms with Crippen LogP contribution in [0.5, 0.6) is 0 Å². The smallest absolute Gasteiger partial charge is 0.351 e. The summed E-state index contributed by atoms with van der Waals surface area (Å²) < 4.78 is 6.67. The highest BCUT2D eigenvalue weighted by atomic mass is 16.5. The molecule has 2 heterocycles. The fourth-order valence-electron chi connectivity index (χ4n) is 3.36. The predicted octanol–water partition coefficient (Wildman–Crippen LogP) is 1.68. The first-order valence-electron chi connectivity index (χ1n) is 9.14. The van der Waals surface area contributed by atoms with Gasteiger partial charge < -0.3 is 20.3 Å². The van der Waals surface area contributed by atoms with Crippen LogP contribution in [-0.2, 0) is 4.74 Å². The van der Waals surface area contributed by atoms with Gasteiger partial charge in [0, 0.05) is 18.0 Å². The molecule has 9 heteroatoms. The summed E-state index contributed by atoms with van der Waals surface area (Å²) in [5, 5.41) is 26.2. The van der Waals surface area contributed by atoms with Crippen molar-refractivity contribution in [2.75, 3.05) is 17.2 Å². The lowest BCUT2D eigenvalue weighted by Gasteiger charge is -2.15. The maximum absolute atomic E-state index is 12.3. The van der Waals surface area contributed by atoms with Crippen LogP contribution in [0.4, 0.5) is 16.3 Å². The Morgan fingerprint density at radius 2 is 1.97 bits per heavy atom. The Hall–Kier alpha value is -3.27. The van der Waals surface area contributed by atoms with E-state index in [1.807, 2.05) is 36.4 Å². The highest BCUT2D eigenvalue weighted by Crippen LogP contribution is 2.27. The van der Waals surface area contributed by atoms with Crippen molar-refractivity contribution < 1.29 is 19.7 Å². The monoisotopic (exact) mass is 396 g/mol. The van der Waals surface area contributed by atoms with E-state index in [1.165, 1.54) is 16.8 Å². The molecule has 9 nitrogen and oxygen atoms in total. The third kappa shape index (κ3) is 3.97. The van der Waals surface area contributed by atoms with Crippen LogP contribution in [0.2, 0.25) is 0 Å². The first kappa shape index (κ1) is 19.1. The van der Waals surface area contributed by atoms with Crippen molar-refractivity contribution in [2.24, 2.45) is 0 Å². The van der Waals surface area contributed by atoms with E-state index in [4.69, 9.17) is 9.84 Å². The topological polar surface area (TPSA) is 126 Å². The van der Waals surface area contributed by atoms with Gasteiger partial charge in [-0.25, -0.2) is 9.59 Å². The van der Waals surface area contributed by atoms with Crippen molar-refractivity contribution in [1.82, 2.24) is 9.55 Å². The lowest BCUT2D eigenvalue weighted by molar-refractivity contribution is -0.0458. The summed E-state index contributed by atoms with van der Waals surface area (Å²) in [6.45, 7) is -0.339. The third-order valence-electron chi connectivity index (χ3n) is 4.80. The Kier molecular flexibility index (Phi) is 5.26. The van der Waals surface area contributed by atoms with Crippen LogP contribution < -0.4 is 16.3 Å². The zero-order chi connectivity index (χ0) is 20.4. The summed E-state index contributed by atoms with van der Waals surface area (Å²) in [6.07, 6.45) is -0.723. The summed E-state index contributed by atoms with van der Waals surface area (Å²) in [5.74, 6) is 0.0845. The second kappa shape index (κ2) is 8.00. The molecular weight excluding hydrogens is 376 g/mol. The van der Waals surface area contributed by atoms with Crippen LogP contribution >= 0.6 is 0 Å². The Balaban J connectivity index is 1.46. The number of aliphatic hydroxyl groups excluding tert-OH is 2. The highest BCUT2D eigenvalue weighted by molar-refractivity contribution is 6.05. The normalized spacial score (nSPS) is 21.2. The van der Waals surface area contributed by atoms with Crippen molar-refractivity contribution in [2.45, 2.75) is 24.9 Å². The van der Waals surface area contributed by atoms with Gasteiger partial charge in [0.25, 0.3) is 0 Å². The summed E-state index contributed by atoms with van der Waals surface area (Å²) in [5.41, 5.74) is 0.00100. The number of amides is 2. The Morgan fingerprint density at radius 1 is 1.17 bits per heavy atom. The molecule has 1 saturated heterocycles. The molecule has 3 atom stereocenters. The molecule has 0 aliphatic carbocycles. The van der Waals surface area contributed by atoms with E-state index >= 15 is 0 Å². The van der Waals surface area contributed by atoms with E-state index in [9.17, 15) is 14.7 Å². The van der Waals surface area contributed by atoms with Crippen molar-refractivity contribution in [3.63, 3.8) is 0 Å². The quantitative estimate of drug-likeness (QED) is 0.532. The zero-order valence-electron chi connectivity index (χ0n) is 15.4. The van der Waals surface area contributed by atoms with Gasteiger partial charge >= 0.3 is 11.7 Å². The molecule has 4 rings (SSSR count). The van der Waals surface area contributed by atoms with Gasteiger partial charge in [0.15, 0.2) is 0 Å². The molecule has 2 amide bonds. The summed E-state index contributed by atoms with van der Waals surface area (Å²) in [7, 11) is 0. The third-order valence-corrected chi connectivity index (χ3v) is 4.80. The van der Waals surface area contributed by atoms with Gasteiger partial charge in [-0.2, -0.15) is 4.98 Å². The first-order valence-corrected chi connectivity index (χ1v) is 9.14. The molecule has 1 aliphatic heterocycles. The predicted molar refractivity (Wildman–Crippen MR) is 107 cm³/mol. The van der Waals surface area contributed by atoms with Gasteiger partial charge in [-0.05, 0) is 17.5 Å². The fourth-order valence-corrected chi connectivity index (χ4v) is 3.36. The lowest BCUT2D eigenvalue weighted by atomic mass is 10.1. The largest absolute Gasteiger partial charge is 0.394 e. The number of nitrogens with one attached hydrogen (secondary N) is 2. The number of carbonyl (C=O) groups excluding carboxylic acids is 1. The average Bonchev–Trinajstić information content (AvgIpc) is 3.08. The van der Waals surface area contributed by atoms with Gasteiger partial charge in [-0.15, -0.1) is 0 Å². The van der Waals surface area contributed by atoms with Gasteiger partial charge in [0.1, 0.15) is 18.1 Å². The molecule has 1 fully saturated rings. The minimum absolute atomic E-state index is 0.0845. The van der Waals surface area contributed by atoms with E-state index < -0.39 is 30.2 Å². The molecular formula is C20H20N4O5. The second-order valence-corrected chi connectivity index (χ2v) is 6.72. The van der Waals surface area contributed by atoms with Gasteiger partial charge in [0.05, 0.1) is 18.4 Å². The van der Waals surface area contributed by atoms with Crippen LogP contribution in [0.15, 0.2) is 59.5 Å². The van der Waals surface area contributed by atoms with Crippen molar-refractivity contribution >= 4 is 28.3 Å². The van der Waals surface area contributed by atoms with Crippen molar-refractivity contribution in [1.29, 1.82) is 0 Å². The van der Waals surface area contributed by atoms with E-state index in [2.05, 4.69) is 15.6 Å². The number of urea groups is 1. The number of fused-ring (bicyclic) bond motifs is 1. The van der Waals surface area contributed by atoms with E-state index in [-0.39, 0.29) is 18.8 Å². The standard InChI is InChI=1S/C20H20N4O5/c25-11-16-15(26)10-18(29-16)24-9-8-17(23-20(24)28)22-19(27)21-14-7-3-5-12-4-1-2-6-13(12)14/h1-9,15-16,18,25-26H,10-11H2,(H2,21,22,23,27,28)/t15?,16-,18-/m1/s1. The Labute approximate surface area is 165 Å². The molecule has 150 valence electrons. The lowest BCUT2D eigenvalue weighted by Crippen LogP contribution is -2.29. The SMILES string of the molecule is O=C(Nc1ccn([C@H]2CC(O)[C@@H](CO)O2)c(=O)n1)Nc1cccc2ccccc12. The number of anilines is 2. The van der Waals surface area contributed by atoms with Crippen LogP contribution in [-0.4, -0.2) is 44.6 Å². The number of hydrogen-bond acceptors (Lipinski definition) is 6. The summed E-state index contributed by atoms with van der Waals surface area (Å²) in [6, 6.07) is 14.2. The molecule has 1 aromatic heterocycles. The van der Waals surface area contributed by atoms with Gasteiger partial charge in [-0.3, -0.25) is 9.88 Å². The minimum Gasteiger partial charge on any atom is -0.394 e. The van der Waals surface area contributed by atoms with E-state index in [1.54, 1.807) is 6.07 Å². The molecule has 1 aliphatic rings. The molecule has 0 spiro atoms. The van der Waals surface area contributed by atoms with E-state index in [0.717, 1.165) is 10.8 Å². The maximum Gasteiger partial charge on any atom is 0.351 e. The van der Waals surface area contributed by atoms with Crippen LogP contribution in [0.3, 0.4) is 0 Å². The highest BCUT2D eigenvalue weighted by Gasteiger charge is 2.34. The van der Waals surface area contributed by atoms with Crippen molar-refractivity contribution in [3.8, 4) is 0 Å². The number of aromatic nitrogens is 2. The van der Waals surface area contributed by atoms with Crippen LogP contribution in [0.25, 0.3) is 10.8 Å². The summed E-state index contributed by atoms with van der Waals surface area (Å²) in [4.78, 5) is 28.5. The number of nitrogens with zero attached hydrogens (tertiary/aromatic N) is 2. The number of hydrogen-bond donors (Lipinski definition) is 4. The van der Waals surface area contributed by atoms with Gasteiger partial charge in [-0.1, -0.05) is 36.4 Å². The van der Waals surface area contributed by atoms with E-state index in [0.29, 0.717) is 5.69 Å². The Bertz CT molecular complexity index is 1090.